The molecule has 2 aromatic carbocycles. The van der Waals surface area contributed by atoms with Gasteiger partial charge < -0.3 is 14.9 Å². The molecule has 2 aromatic heterocycles. The third kappa shape index (κ3) is 2.75. The Balaban J connectivity index is 1.51. The lowest BCUT2D eigenvalue weighted by Crippen LogP contribution is -2.28. The third-order valence-corrected chi connectivity index (χ3v) is 4.84. The number of amides is 1. The number of nitrogens with one attached hydrogen (secondary N) is 2. The second kappa shape index (κ2) is 6.67. The second-order valence-corrected chi connectivity index (χ2v) is 6.44. The van der Waals surface area contributed by atoms with Crippen molar-refractivity contribution in [2.75, 3.05) is 6.54 Å². The molecule has 0 aliphatic rings. The van der Waals surface area contributed by atoms with Crippen molar-refractivity contribution in [2.24, 2.45) is 0 Å². The Bertz CT molecular complexity index is 1060. The summed E-state index contributed by atoms with van der Waals surface area (Å²) >= 11 is 0. The predicted octanol–water partition coefficient (Wildman–Crippen LogP) is 3.82. The van der Waals surface area contributed by atoms with E-state index in [0.717, 1.165) is 45.6 Å². The summed E-state index contributed by atoms with van der Waals surface area (Å²) < 4.78 is 2.08. The van der Waals surface area contributed by atoms with Crippen molar-refractivity contribution >= 4 is 27.8 Å². The van der Waals surface area contributed by atoms with Crippen LogP contribution >= 0.6 is 0 Å². The first kappa shape index (κ1) is 16.4. The van der Waals surface area contributed by atoms with Gasteiger partial charge in [-0.3, -0.25) is 4.79 Å². The topological polar surface area (TPSA) is 62.7 Å². The van der Waals surface area contributed by atoms with Gasteiger partial charge in [0.2, 0.25) is 0 Å². The standard InChI is InChI=1S/C21H22N4O/c1-3-25-18-11-7-4-8-15(18)14(2)20(25)21(26)22-13-12-19-23-16-9-5-6-10-17(16)24-19/h4-11H,3,12-13H2,1-2H3,(H,22,26)(H,23,24). The van der Waals surface area contributed by atoms with Crippen molar-refractivity contribution < 1.29 is 4.79 Å². The number of benzene rings is 2. The van der Waals surface area contributed by atoms with E-state index in [1.54, 1.807) is 0 Å². The molecule has 132 valence electrons. The molecular weight excluding hydrogens is 324 g/mol. The van der Waals surface area contributed by atoms with E-state index in [-0.39, 0.29) is 5.91 Å². The van der Waals surface area contributed by atoms with E-state index in [4.69, 9.17) is 0 Å². The summed E-state index contributed by atoms with van der Waals surface area (Å²) in [6.45, 7) is 5.39. The van der Waals surface area contributed by atoms with E-state index in [1.165, 1.54) is 0 Å². The molecule has 0 aliphatic carbocycles. The van der Waals surface area contributed by atoms with Crippen LogP contribution in [0.25, 0.3) is 21.9 Å². The number of rotatable bonds is 5. The summed E-state index contributed by atoms with van der Waals surface area (Å²) in [7, 11) is 0. The highest BCUT2D eigenvalue weighted by molar-refractivity contribution is 6.01. The van der Waals surface area contributed by atoms with Gasteiger partial charge in [0, 0.05) is 30.4 Å². The molecule has 4 rings (SSSR count). The van der Waals surface area contributed by atoms with Crippen LogP contribution in [-0.4, -0.2) is 27.0 Å². The average molecular weight is 346 g/mol. The molecule has 4 aromatic rings. The number of para-hydroxylation sites is 3. The summed E-state index contributed by atoms with van der Waals surface area (Å²) in [5, 5.41) is 4.18. The SMILES string of the molecule is CCn1c(C(=O)NCCc2nc3ccccc3[nH]2)c(C)c2ccccc21. The number of aromatic amines is 1. The van der Waals surface area contributed by atoms with Crippen LogP contribution in [0.1, 0.15) is 28.8 Å². The summed E-state index contributed by atoms with van der Waals surface area (Å²) in [4.78, 5) is 20.7. The molecule has 0 atom stereocenters. The van der Waals surface area contributed by atoms with Crippen molar-refractivity contribution in [1.82, 2.24) is 19.9 Å². The molecule has 1 amide bonds. The van der Waals surface area contributed by atoms with Crippen molar-refractivity contribution in [3.63, 3.8) is 0 Å². The number of carbonyl (C=O) groups excluding carboxylic acids is 1. The van der Waals surface area contributed by atoms with E-state index >= 15 is 0 Å². The molecular formula is C21H22N4O. The Kier molecular flexibility index (Phi) is 4.21. The highest BCUT2D eigenvalue weighted by atomic mass is 16.1. The first-order valence-electron chi connectivity index (χ1n) is 8.98. The summed E-state index contributed by atoms with van der Waals surface area (Å²) in [5.41, 5.74) is 4.86. The first-order chi connectivity index (χ1) is 12.7. The maximum atomic E-state index is 12.8. The number of aromatic nitrogens is 3. The third-order valence-electron chi connectivity index (χ3n) is 4.84. The molecule has 26 heavy (non-hydrogen) atoms. The van der Waals surface area contributed by atoms with Gasteiger partial charge in [-0.15, -0.1) is 0 Å². The van der Waals surface area contributed by atoms with Crippen LogP contribution in [0.15, 0.2) is 48.5 Å². The average Bonchev–Trinajstić information content (AvgIpc) is 3.20. The molecule has 0 radical (unpaired) electrons. The van der Waals surface area contributed by atoms with Gasteiger partial charge in [0.1, 0.15) is 11.5 Å². The number of carbonyl (C=O) groups is 1. The molecule has 0 fully saturated rings. The quantitative estimate of drug-likeness (QED) is 0.577. The minimum absolute atomic E-state index is 0.0309. The summed E-state index contributed by atoms with van der Waals surface area (Å²) in [5.74, 6) is 0.857. The van der Waals surface area contributed by atoms with E-state index < -0.39 is 0 Å². The van der Waals surface area contributed by atoms with Crippen molar-refractivity contribution in [3.8, 4) is 0 Å². The lowest BCUT2D eigenvalue weighted by molar-refractivity contribution is 0.0944. The van der Waals surface area contributed by atoms with Gasteiger partial charge in [0.25, 0.3) is 5.91 Å². The predicted molar refractivity (Wildman–Crippen MR) is 104 cm³/mol. The lowest BCUT2D eigenvalue weighted by Gasteiger charge is -2.09. The van der Waals surface area contributed by atoms with E-state index in [2.05, 4.69) is 38.9 Å². The number of hydrogen-bond acceptors (Lipinski definition) is 2. The van der Waals surface area contributed by atoms with Gasteiger partial charge in [-0.25, -0.2) is 4.98 Å². The van der Waals surface area contributed by atoms with Crippen LogP contribution in [0.3, 0.4) is 0 Å². The molecule has 2 N–H and O–H groups in total. The van der Waals surface area contributed by atoms with Crippen molar-refractivity contribution in [3.05, 3.63) is 65.6 Å². The van der Waals surface area contributed by atoms with Crippen LogP contribution in [0.4, 0.5) is 0 Å². The fourth-order valence-electron chi connectivity index (χ4n) is 3.60. The number of fused-ring (bicyclic) bond motifs is 2. The minimum Gasteiger partial charge on any atom is -0.350 e. The molecule has 0 unspecified atom stereocenters. The minimum atomic E-state index is -0.0309. The zero-order valence-electron chi connectivity index (χ0n) is 15.0. The van der Waals surface area contributed by atoms with Crippen molar-refractivity contribution in [1.29, 1.82) is 0 Å². The Labute approximate surface area is 152 Å². The van der Waals surface area contributed by atoms with Crippen LogP contribution in [0.5, 0.6) is 0 Å². The Morgan fingerprint density at radius 3 is 2.73 bits per heavy atom. The van der Waals surface area contributed by atoms with E-state index in [0.29, 0.717) is 13.0 Å². The van der Waals surface area contributed by atoms with Gasteiger partial charge in [-0.05, 0) is 37.6 Å². The van der Waals surface area contributed by atoms with Gasteiger partial charge >= 0.3 is 0 Å². The Hall–Kier alpha value is -3.08. The number of aryl methyl sites for hydroxylation is 2. The smallest absolute Gasteiger partial charge is 0.268 e. The molecule has 2 heterocycles. The Morgan fingerprint density at radius 2 is 1.92 bits per heavy atom. The molecule has 0 saturated heterocycles. The monoisotopic (exact) mass is 346 g/mol. The fourth-order valence-corrected chi connectivity index (χ4v) is 3.60. The number of hydrogen-bond donors (Lipinski definition) is 2. The molecule has 0 bridgehead atoms. The highest BCUT2D eigenvalue weighted by Gasteiger charge is 2.18. The molecule has 0 spiro atoms. The lowest BCUT2D eigenvalue weighted by atomic mass is 10.1. The molecule has 0 saturated carbocycles. The first-order valence-corrected chi connectivity index (χ1v) is 8.98. The second-order valence-electron chi connectivity index (χ2n) is 6.44. The zero-order chi connectivity index (χ0) is 18.1. The summed E-state index contributed by atoms with van der Waals surface area (Å²) in [6.07, 6.45) is 0.672. The maximum absolute atomic E-state index is 12.8. The number of H-pyrrole nitrogens is 1. The maximum Gasteiger partial charge on any atom is 0.268 e. The fraction of sp³-hybridized carbons (Fsp3) is 0.238. The van der Waals surface area contributed by atoms with Gasteiger partial charge in [0.05, 0.1) is 11.0 Å². The largest absolute Gasteiger partial charge is 0.350 e. The number of nitrogens with zero attached hydrogens (tertiary/aromatic N) is 2. The molecule has 0 aliphatic heterocycles. The number of imidazole rings is 1. The van der Waals surface area contributed by atoms with Crippen LogP contribution in [0.2, 0.25) is 0 Å². The highest BCUT2D eigenvalue weighted by Crippen LogP contribution is 2.25. The van der Waals surface area contributed by atoms with Gasteiger partial charge in [-0.2, -0.15) is 0 Å². The van der Waals surface area contributed by atoms with Crippen molar-refractivity contribution in [2.45, 2.75) is 26.8 Å². The van der Waals surface area contributed by atoms with E-state index in [9.17, 15) is 4.79 Å². The van der Waals surface area contributed by atoms with Gasteiger partial charge in [0.15, 0.2) is 0 Å². The van der Waals surface area contributed by atoms with Crippen LogP contribution < -0.4 is 5.32 Å². The van der Waals surface area contributed by atoms with Crippen LogP contribution in [0, 0.1) is 6.92 Å². The zero-order valence-corrected chi connectivity index (χ0v) is 15.0. The van der Waals surface area contributed by atoms with Gasteiger partial charge in [-0.1, -0.05) is 30.3 Å². The van der Waals surface area contributed by atoms with Crippen LogP contribution in [-0.2, 0) is 13.0 Å². The van der Waals surface area contributed by atoms with E-state index in [1.807, 2.05) is 43.3 Å². The summed E-state index contributed by atoms with van der Waals surface area (Å²) in [6, 6.07) is 16.1. The Morgan fingerprint density at radius 1 is 1.15 bits per heavy atom. The molecule has 5 nitrogen and oxygen atoms in total. The molecule has 5 heteroatoms. The normalized spacial score (nSPS) is 11.3.